The first-order valence-corrected chi connectivity index (χ1v) is 6.48. The largest absolute Gasteiger partial charge is 0.467 e. The van der Waals surface area contributed by atoms with Crippen LogP contribution < -0.4 is 5.32 Å². The number of aromatic nitrogens is 1. The third-order valence-electron chi connectivity index (χ3n) is 2.16. The van der Waals surface area contributed by atoms with Gasteiger partial charge in [0.05, 0.1) is 12.8 Å². The lowest BCUT2D eigenvalue weighted by Gasteiger charge is -2.05. The summed E-state index contributed by atoms with van der Waals surface area (Å²) < 4.78 is 5.24. The van der Waals surface area contributed by atoms with Gasteiger partial charge in [-0.3, -0.25) is 0 Å². The van der Waals surface area contributed by atoms with Crippen molar-refractivity contribution in [3.63, 3.8) is 0 Å². The van der Waals surface area contributed by atoms with Crippen LogP contribution in [0, 0.1) is 0 Å². The Hall–Kier alpha value is -1.42. The van der Waals surface area contributed by atoms with E-state index < -0.39 is 0 Å². The van der Waals surface area contributed by atoms with Gasteiger partial charge in [0, 0.05) is 11.9 Å². The molecule has 4 heteroatoms. The molecule has 2 rings (SSSR count). The Morgan fingerprint density at radius 1 is 1.44 bits per heavy atom. The van der Waals surface area contributed by atoms with E-state index in [-0.39, 0.29) is 0 Å². The minimum Gasteiger partial charge on any atom is -0.467 e. The van der Waals surface area contributed by atoms with Crippen LogP contribution in [-0.4, -0.2) is 11.2 Å². The molecule has 2 aromatic rings. The maximum absolute atomic E-state index is 5.24. The molecule has 0 aliphatic carbocycles. The van der Waals surface area contributed by atoms with E-state index in [1.807, 2.05) is 24.4 Å². The second-order valence-electron chi connectivity index (χ2n) is 3.42. The molecule has 2 aromatic heterocycles. The molecule has 0 saturated carbocycles. The van der Waals surface area contributed by atoms with Gasteiger partial charge < -0.3 is 9.73 Å². The predicted molar refractivity (Wildman–Crippen MR) is 67.5 cm³/mol. The first-order chi connectivity index (χ1) is 7.88. The van der Waals surface area contributed by atoms with Crippen molar-refractivity contribution in [1.29, 1.82) is 0 Å². The predicted octanol–water partition coefficient (Wildman–Crippen LogP) is 3.15. The van der Waals surface area contributed by atoms with Gasteiger partial charge in [-0.15, -0.1) is 0 Å². The van der Waals surface area contributed by atoms with E-state index in [1.54, 1.807) is 18.0 Å². The van der Waals surface area contributed by atoms with Gasteiger partial charge in [0.2, 0.25) is 0 Å². The van der Waals surface area contributed by atoms with Crippen molar-refractivity contribution in [2.45, 2.75) is 12.3 Å². The zero-order chi connectivity index (χ0) is 11.2. The molecule has 84 valence electrons. The summed E-state index contributed by atoms with van der Waals surface area (Å²) in [6.45, 7) is 0.669. The van der Waals surface area contributed by atoms with E-state index in [0.29, 0.717) is 6.54 Å². The average Bonchev–Trinajstić information content (AvgIpc) is 2.80. The van der Waals surface area contributed by atoms with Gasteiger partial charge in [-0.2, -0.15) is 11.8 Å². The van der Waals surface area contributed by atoms with Gasteiger partial charge in [0.15, 0.2) is 0 Å². The van der Waals surface area contributed by atoms with Gasteiger partial charge in [-0.05, 0) is 36.1 Å². The Bertz CT molecular complexity index is 428. The van der Waals surface area contributed by atoms with E-state index >= 15 is 0 Å². The van der Waals surface area contributed by atoms with Crippen LogP contribution in [0.5, 0.6) is 0 Å². The average molecular weight is 234 g/mol. The molecule has 0 spiro atoms. The quantitative estimate of drug-likeness (QED) is 0.862. The van der Waals surface area contributed by atoms with E-state index in [0.717, 1.165) is 17.3 Å². The molecule has 0 unspecified atom stereocenters. The van der Waals surface area contributed by atoms with Crippen molar-refractivity contribution < 1.29 is 4.42 Å². The minimum atomic E-state index is 0.669. The maximum Gasteiger partial charge on any atom is 0.126 e. The zero-order valence-corrected chi connectivity index (χ0v) is 9.96. The van der Waals surface area contributed by atoms with Gasteiger partial charge in [-0.25, -0.2) is 4.98 Å². The van der Waals surface area contributed by atoms with E-state index in [2.05, 4.69) is 22.6 Å². The van der Waals surface area contributed by atoms with Crippen molar-refractivity contribution in [2.75, 3.05) is 11.6 Å². The maximum atomic E-state index is 5.24. The lowest BCUT2D eigenvalue weighted by atomic mass is 10.3. The van der Waals surface area contributed by atoms with E-state index in [9.17, 15) is 0 Å². The van der Waals surface area contributed by atoms with Crippen molar-refractivity contribution >= 4 is 17.6 Å². The summed E-state index contributed by atoms with van der Waals surface area (Å²) in [5, 5.41) is 3.23. The Balaban J connectivity index is 1.96. The second-order valence-corrected chi connectivity index (χ2v) is 4.28. The van der Waals surface area contributed by atoms with Gasteiger partial charge >= 0.3 is 0 Å². The highest BCUT2D eigenvalue weighted by Crippen LogP contribution is 2.13. The third kappa shape index (κ3) is 3.03. The number of nitrogens with zero attached hydrogens (tertiary/aromatic N) is 1. The number of furan rings is 1. The van der Waals surface area contributed by atoms with Crippen LogP contribution in [0.25, 0.3) is 0 Å². The Kier molecular flexibility index (Phi) is 3.88. The van der Waals surface area contributed by atoms with Crippen molar-refractivity contribution in [3.05, 3.63) is 48.0 Å². The van der Waals surface area contributed by atoms with Crippen molar-refractivity contribution in [3.8, 4) is 0 Å². The molecule has 0 aliphatic heterocycles. The highest BCUT2D eigenvalue weighted by atomic mass is 32.2. The molecule has 0 atom stereocenters. The number of rotatable bonds is 5. The highest BCUT2D eigenvalue weighted by molar-refractivity contribution is 7.97. The van der Waals surface area contributed by atoms with Crippen molar-refractivity contribution in [2.24, 2.45) is 0 Å². The normalized spacial score (nSPS) is 10.3. The lowest BCUT2D eigenvalue weighted by Crippen LogP contribution is -2.00. The third-order valence-corrected chi connectivity index (χ3v) is 2.78. The van der Waals surface area contributed by atoms with Crippen LogP contribution >= 0.6 is 11.8 Å². The fourth-order valence-corrected chi connectivity index (χ4v) is 1.93. The molecule has 0 bridgehead atoms. The molecule has 3 nitrogen and oxygen atoms in total. The number of hydrogen-bond donors (Lipinski definition) is 1. The van der Waals surface area contributed by atoms with E-state index in [1.165, 1.54) is 5.56 Å². The molecule has 0 saturated heterocycles. The molecule has 16 heavy (non-hydrogen) atoms. The number of pyridine rings is 1. The van der Waals surface area contributed by atoms with Crippen LogP contribution in [-0.2, 0) is 12.3 Å². The molecule has 0 radical (unpaired) electrons. The van der Waals surface area contributed by atoms with Gasteiger partial charge in [-0.1, -0.05) is 0 Å². The fourth-order valence-electron chi connectivity index (χ4n) is 1.42. The highest BCUT2D eigenvalue weighted by Gasteiger charge is 1.98. The van der Waals surface area contributed by atoms with Crippen LogP contribution in [0.15, 0.2) is 41.1 Å². The van der Waals surface area contributed by atoms with Crippen LogP contribution in [0.4, 0.5) is 5.82 Å². The Labute approximate surface area is 99.3 Å². The van der Waals surface area contributed by atoms with E-state index in [4.69, 9.17) is 4.42 Å². The molecule has 0 fully saturated rings. The summed E-state index contributed by atoms with van der Waals surface area (Å²) in [5.41, 5.74) is 1.28. The van der Waals surface area contributed by atoms with Crippen LogP contribution in [0.1, 0.15) is 11.3 Å². The fraction of sp³-hybridized carbons (Fsp3) is 0.250. The first kappa shape index (κ1) is 11.1. The standard InChI is InChI=1S/C12H14N2OS/c1-16-9-10-4-5-13-12(7-10)14-8-11-3-2-6-15-11/h2-7H,8-9H2,1H3,(H,13,14). The molecular formula is C12H14N2OS. The molecule has 0 aliphatic rings. The second kappa shape index (κ2) is 5.61. The Morgan fingerprint density at radius 3 is 3.12 bits per heavy atom. The minimum absolute atomic E-state index is 0.669. The van der Waals surface area contributed by atoms with Gasteiger partial charge in [0.25, 0.3) is 0 Å². The van der Waals surface area contributed by atoms with Crippen molar-refractivity contribution in [1.82, 2.24) is 4.98 Å². The van der Waals surface area contributed by atoms with Crippen LogP contribution in [0.3, 0.4) is 0 Å². The summed E-state index contributed by atoms with van der Waals surface area (Å²) in [4.78, 5) is 4.26. The van der Waals surface area contributed by atoms with Crippen LogP contribution in [0.2, 0.25) is 0 Å². The topological polar surface area (TPSA) is 38.1 Å². The molecule has 0 aromatic carbocycles. The number of thioether (sulfide) groups is 1. The summed E-state index contributed by atoms with van der Waals surface area (Å²) in [5.74, 6) is 2.82. The summed E-state index contributed by atoms with van der Waals surface area (Å²) in [6, 6.07) is 7.93. The smallest absolute Gasteiger partial charge is 0.126 e. The van der Waals surface area contributed by atoms with Gasteiger partial charge in [0.1, 0.15) is 11.6 Å². The summed E-state index contributed by atoms with van der Waals surface area (Å²) in [6.07, 6.45) is 5.60. The monoisotopic (exact) mass is 234 g/mol. The zero-order valence-electron chi connectivity index (χ0n) is 9.14. The Morgan fingerprint density at radius 2 is 2.38 bits per heavy atom. The molecule has 0 amide bonds. The molecule has 1 N–H and O–H groups in total. The number of hydrogen-bond acceptors (Lipinski definition) is 4. The number of nitrogens with one attached hydrogen (secondary N) is 1. The number of anilines is 1. The molecule has 2 heterocycles. The summed E-state index contributed by atoms with van der Waals surface area (Å²) >= 11 is 1.81. The molecular weight excluding hydrogens is 220 g/mol. The lowest BCUT2D eigenvalue weighted by molar-refractivity contribution is 0.518. The SMILES string of the molecule is CSCc1ccnc(NCc2ccco2)c1. The first-order valence-electron chi connectivity index (χ1n) is 5.08. The summed E-state index contributed by atoms with van der Waals surface area (Å²) in [7, 11) is 0.